The van der Waals surface area contributed by atoms with Gasteiger partial charge in [-0.05, 0) is 24.3 Å². The molecule has 2 rings (SSSR count). The number of halogens is 4. The zero-order chi connectivity index (χ0) is 14.9. The quantitative estimate of drug-likeness (QED) is 0.843. The molecule has 0 aliphatic carbocycles. The number of nitrogens with one attached hydrogen (secondary N) is 1. The summed E-state index contributed by atoms with van der Waals surface area (Å²) in [6.07, 6.45) is -4.71. The van der Waals surface area contributed by atoms with Crippen molar-refractivity contribution < 1.29 is 13.2 Å². The number of hydrogen-bond donors (Lipinski definition) is 1. The van der Waals surface area contributed by atoms with Gasteiger partial charge in [0, 0.05) is 12.1 Å². The van der Waals surface area contributed by atoms with E-state index in [9.17, 15) is 18.0 Å². The number of aromatic amines is 1. The number of rotatable bonds is 2. The first kappa shape index (κ1) is 14.3. The van der Waals surface area contributed by atoms with Gasteiger partial charge in [-0.1, -0.05) is 11.6 Å². The number of benzene rings is 1. The maximum Gasteiger partial charge on any atom is 0.435 e. The predicted octanol–water partition coefficient (Wildman–Crippen LogP) is 3.80. The number of aryl methyl sites for hydroxylation is 1. The van der Waals surface area contributed by atoms with Crippen LogP contribution >= 0.6 is 11.6 Å². The second kappa shape index (κ2) is 5.12. The number of nitrogens with zero attached hydrogens (tertiary/aromatic N) is 3. The van der Waals surface area contributed by atoms with Crippen molar-refractivity contribution in [3.05, 3.63) is 45.3 Å². The summed E-state index contributed by atoms with van der Waals surface area (Å²) in [4.78, 5) is 11.6. The maximum atomic E-state index is 12.7. The first-order chi connectivity index (χ1) is 9.29. The van der Waals surface area contributed by atoms with Gasteiger partial charge < -0.3 is 0 Å². The van der Waals surface area contributed by atoms with E-state index >= 15 is 0 Å². The molecular weight excluding hydrogens is 297 g/mol. The molecule has 0 aliphatic rings. The SMILES string of the molecule is Cn1[nH]c(C(F)(F)F)c(N=Nc2ccc(Cl)cc2)c1=O. The van der Waals surface area contributed by atoms with Gasteiger partial charge in [-0.2, -0.15) is 18.3 Å². The van der Waals surface area contributed by atoms with Crippen LogP contribution in [0.15, 0.2) is 39.3 Å². The average molecular weight is 305 g/mol. The summed E-state index contributed by atoms with van der Waals surface area (Å²) in [5.41, 5.74) is -2.64. The van der Waals surface area contributed by atoms with Crippen LogP contribution in [0.4, 0.5) is 24.5 Å². The minimum atomic E-state index is -4.71. The van der Waals surface area contributed by atoms with Crippen LogP contribution in [0, 0.1) is 0 Å². The van der Waals surface area contributed by atoms with E-state index in [4.69, 9.17) is 11.6 Å². The van der Waals surface area contributed by atoms with Crippen molar-refractivity contribution in [3.8, 4) is 0 Å². The van der Waals surface area contributed by atoms with E-state index in [0.29, 0.717) is 9.70 Å². The Morgan fingerprint density at radius 2 is 1.80 bits per heavy atom. The molecule has 1 aromatic heterocycles. The second-order valence-corrected chi connectivity index (χ2v) is 4.31. The Labute approximate surface area is 115 Å². The summed E-state index contributed by atoms with van der Waals surface area (Å²) in [6, 6.07) is 5.96. The predicted molar refractivity (Wildman–Crippen MR) is 66.7 cm³/mol. The molecule has 0 atom stereocenters. The first-order valence-electron chi connectivity index (χ1n) is 5.32. The molecule has 1 N–H and O–H groups in total. The first-order valence-corrected chi connectivity index (χ1v) is 5.70. The highest BCUT2D eigenvalue weighted by Gasteiger charge is 2.38. The fraction of sp³-hybridized carbons (Fsp3) is 0.182. The molecule has 20 heavy (non-hydrogen) atoms. The van der Waals surface area contributed by atoms with Crippen molar-refractivity contribution in [2.45, 2.75) is 6.18 Å². The van der Waals surface area contributed by atoms with Gasteiger partial charge in [0.05, 0.1) is 5.69 Å². The molecule has 0 spiro atoms. The standard InChI is InChI=1S/C11H8ClF3N4O/c1-19-10(20)8(9(18-19)11(13,14)15)17-16-7-4-2-6(12)3-5-7/h2-5,18H,1H3. The molecule has 0 amide bonds. The van der Waals surface area contributed by atoms with E-state index < -0.39 is 23.1 Å². The van der Waals surface area contributed by atoms with Crippen LogP contribution in [-0.2, 0) is 13.2 Å². The summed E-state index contributed by atoms with van der Waals surface area (Å²) < 4.78 is 38.8. The van der Waals surface area contributed by atoms with E-state index in [1.54, 1.807) is 0 Å². The molecule has 9 heteroatoms. The number of hydrogen-bond acceptors (Lipinski definition) is 3. The Bertz CT molecular complexity index is 700. The smallest absolute Gasteiger partial charge is 0.289 e. The molecule has 0 fully saturated rings. The van der Waals surface area contributed by atoms with Gasteiger partial charge in [-0.25, -0.2) is 0 Å². The van der Waals surface area contributed by atoms with E-state index in [2.05, 4.69) is 10.2 Å². The van der Waals surface area contributed by atoms with Gasteiger partial charge in [-0.3, -0.25) is 14.6 Å². The largest absolute Gasteiger partial charge is 0.435 e. The van der Waals surface area contributed by atoms with Crippen molar-refractivity contribution in [1.82, 2.24) is 9.78 Å². The van der Waals surface area contributed by atoms with Crippen LogP contribution in [0.2, 0.25) is 5.02 Å². The summed E-state index contributed by atoms with van der Waals surface area (Å²) >= 11 is 5.66. The fourth-order valence-electron chi connectivity index (χ4n) is 1.44. The minimum Gasteiger partial charge on any atom is -0.289 e. The third-order valence-electron chi connectivity index (χ3n) is 2.40. The second-order valence-electron chi connectivity index (χ2n) is 3.87. The molecular formula is C11H8ClF3N4O. The van der Waals surface area contributed by atoms with Gasteiger partial charge >= 0.3 is 6.18 Å². The lowest BCUT2D eigenvalue weighted by molar-refractivity contribution is -0.140. The third-order valence-corrected chi connectivity index (χ3v) is 2.65. The topological polar surface area (TPSA) is 62.5 Å². The maximum absolute atomic E-state index is 12.7. The van der Waals surface area contributed by atoms with E-state index in [1.807, 2.05) is 5.10 Å². The Morgan fingerprint density at radius 1 is 1.20 bits per heavy atom. The Balaban J connectivity index is 2.43. The van der Waals surface area contributed by atoms with Crippen molar-refractivity contribution in [2.75, 3.05) is 0 Å². The average Bonchev–Trinajstić information content (AvgIpc) is 2.65. The van der Waals surface area contributed by atoms with Crippen molar-refractivity contribution in [1.29, 1.82) is 0 Å². The summed E-state index contributed by atoms with van der Waals surface area (Å²) in [6.45, 7) is 0. The van der Waals surface area contributed by atoms with Crippen molar-refractivity contribution in [3.63, 3.8) is 0 Å². The van der Waals surface area contributed by atoms with Crippen molar-refractivity contribution >= 4 is 23.0 Å². The lowest BCUT2D eigenvalue weighted by Crippen LogP contribution is -2.10. The van der Waals surface area contributed by atoms with Gasteiger partial charge in [-0.15, -0.1) is 5.11 Å². The zero-order valence-corrected chi connectivity index (χ0v) is 10.8. The molecule has 106 valence electrons. The van der Waals surface area contributed by atoms with Gasteiger partial charge in [0.1, 0.15) is 0 Å². The monoisotopic (exact) mass is 304 g/mol. The van der Waals surface area contributed by atoms with E-state index in [1.165, 1.54) is 31.3 Å². The lowest BCUT2D eigenvalue weighted by atomic mass is 10.3. The van der Waals surface area contributed by atoms with Crippen LogP contribution in [0.3, 0.4) is 0 Å². The normalized spacial score (nSPS) is 12.2. The minimum absolute atomic E-state index is 0.283. The number of H-pyrrole nitrogens is 1. The molecule has 1 aromatic carbocycles. The highest BCUT2D eigenvalue weighted by Crippen LogP contribution is 2.33. The third kappa shape index (κ3) is 2.90. The van der Waals surface area contributed by atoms with Crippen LogP contribution in [0.25, 0.3) is 0 Å². The molecule has 0 saturated carbocycles. The summed E-state index contributed by atoms with van der Waals surface area (Å²) in [7, 11) is 1.17. The fourth-order valence-corrected chi connectivity index (χ4v) is 1.57. The number of alkyl halides is 3. The van der Waals surface area contributed by atoms with Gasteiger partial charge in [0.15, 0.2) is 11.4 Å². The highest BCUT2D eigenvalue weighted by atomic mass is 35.5. The molecule has 0 radical (unpaired) electrons. The van der Waals surface area contributed by atoms with Gasteiger partial charge in [0.2, 0.25) is 0 Å². The molecule has 5 nitrogen and oxygen atoms in total. The number of azo groups is 1. The van der Waals surface area contributed by atoms with Crippen LogP contribution in [-0.4, -0.2) is 9.78 Å². The Morgan fingerprint density at radius 3 is 2.35 bits per heavy atom. The van der Waals surface area contributed by atoms with Crippen molar-refractivity contribution in [2.24, 2.45) is 17.3 Å². The Hall–Kier alpha value is -2.09. The van der Waals surface area contributed by atoms with Crippen LogP contribution in [0.1, 0.15) is 5.69 Å². The number of aromatic nitrogens is 2. The molecule has 0 unspecified atom stereocenters. The van der Waals surface area contributed by atoms with E-state index in [0.717, 1.165) is 0 Å². The summed E-state index contributed by atoms with van der Waals surface area (Å²) in [5, 5.41) is 9.35. The molecule has 0 aliphatic heterocycles. The molecule has 2 aromatic rings. The zero-order valence-electron chi connectivity index (χ0n) is 10.1. The molecule has 1 heterocycles. The van der Waals surface area contributed by atoms with Crippen LogP contribution in [0.5, 0.6) is 0 Å². The van der Waals surface area contributed by atoms with Crippen LogP contribution < -0.4 is 5.56 Å². The molecule has 0 saturated heterocycles. The lowest BCUT2D eigenvalue weighted by Gasteiger charge is -2.02. The Kier molecular flexibility index (Phi) is 3.67. The van der Waals surface area contributed by atoms with E-state index in [-0.39, 0.29) is 5.69 Å². The molecule has 0 bridgehead atoms. The summed E-state index contributed by atoms with van der Waals surface area (Å²) in [5.74, 6) is 0. The highest BCUT2D eigenvalue weighted by molar-refractivity contribution is 6.30. The van der Waals surface area contributed by atoms with Gasteiger partial charge in [0.25, 0.3) is 5.56 Å².